The standard InChI is InChI=1S/C12H17FN2O/c1-9(15-4-6-16-7-5-15)10-2-3-11(13)12(14)8-10/h2-3,8-9H,4-7,14H2,1H3. The molecule has 3 nitrogen and oxygen atoms in total. The summed E-state index contributed by atoms with van der Waals surface area (Å²) in [5.74, 6) is -0.349. The van der Waals surface area contributed by atoms with Gasteiger partial charge in [-0.05, 0) is 24.6 Å². The van der Waals surface area contributed by atoms with Crippen molar-refractivity contribution in [2.24, 2.45) is 0 Å². The molecule has 1 atom stereocenters. The first-order chi connectivity index (χ1) is 7.68. The molecule has 88 valence electrons. The van der Waals surface area contributed by atoms with Crippen LogP contribution in [0, 0.1) is 5.82 Å². The van der Waals surface area contributed by atoms with Gasteiger partial charge in [0.1, 0.15) is 5.82 Å². The van der Waals surface area contributed by atoms with Gasteiger partial charge in [0.25, 0.3) is 0 Å². The highest BCUT2D eigenvalue weighted by Crippen LogP contribution is 2.23. The first-order valence-corrected chi connectivity index (χ1v) is 5.55. The van der Waals surface area contributed by atoms with Gasteiger partial charge < -0.3 is 10.5 Å². The van der Waals surface area contributed by atoms with E-state index in [-0.39, 0.29) is 17.5 Å². The molecule has 0 aliphatic carbocycles. The van der Waals surface area contributed by atoms with Crippen molar-refractivity contribution >= 4 is 5.69 Å². The summed E-state index contributed by atoms with van der Waals surface area (Å²) in [4.78, 5) is 2.32. The molecule has 1 fully saturated rings. The number of nitrogens with two attached hydrogens (primary N) is 1. The number of halogens is 1. The van der Waals surface area contributed by atoms with Gasteiger partial charge in [-0.2, -0.15) is 0 Å². The van der Waals surface area contributed by atoms with Crippen molar-refractivity contribution in [3.63, 3.8) is 0 Å². The predicted molar refractivity (Wildman–Crippen MR) is 61.6 cm³/mol. The molecule has 1 aliphatic heterocycles. The molecule has 1 heterocycles. The maximum atomic E-state index is 13.0. The van der Waals surface area contributed by atoms with Crippen molar-refractivity contribution < 1.29 is 9.13 Å². The van der Waals surface area contributed by atoms with Crippen molar-refractivity contribution in [2.45, 2.75) is 13.0 Å². The van der Waals surface area contributed by atoms with Crippen molar-refractivity contribution in [1.29, 1.82) is 0 Å². The van der Waals surface area contributed by atoms with Gasteiger partial charge in [0.2, 0.25) is 0 Å². The molecule has 0 bridgehead atoms. The average Bonchev–Trinajstić information content (AvgIpc) is 2.33. The molecular weight excluding hydrogens is 207 g/mol. The summed E-state index contributed by atoms with van der Waals surface area (Å²) >= 11 is 0. The Morgan fingerprint density at radius 3 is 2.69 bits per heavy atom. The molecule has 1 aliphatic rings. The number of rotatable bonds is 2. The van der Waals surface area contributed by atoms with Crippen LogP contribution in [0.15, 0.2) is 18.2 Å². The van der Waals surface area contributed by atoms with E-state index >= 15 is 0 Å². The molecule has 1 aromatic rings. The topological polar surface area (TPSA) is 38.5 Å². The van der Waals surface area contributed by atoms with Gasteiger partial charge >= 0.3 is 0 Å². The molecule has 0 spiro atoms. The van der Waals surface area contributed by atoms with Gasteiger partial charge in [0, 0.05) is 19.1 Å². The first kappa shape index (κ1) is 11.4. The van der Waals surface area contributed by atoms with Gasteiger partial charge in [-0.25, -0.2) is 4.39 Å². The van der Waals surface area contributed by atoms with E-state index in [2.05, 4.69) is 11.8 Å². The molecule has 0 saturated carbocycles. The maximum absolute atomic E-state index is 13.0. The lowest BCUT2D eigenvalue weighted by molar-refractivity contribution is 0.0198. The van der Waals surface area contributed by atoms with Gasteiger partial charge in [0.05, 0.1) is 18.9 Å². The molecule has 0 amide bonds. The summed E-state index contributed by atoms with van der Waals surface area (Å²) in [5, 5.41) is 0. The number of anilines is 1. The van der Waals surface area contributed by atoms with E-state index in [0.29, 0.717) is 0 Å². The zero-order chi connectivity index (χ0) is 11.5. The minimum atomic E-state index is -0.349. The molecule has 16 heavy (non-hydrogen) atoms. The molecule has 1 aromatic carbocycles. The van der Waals surface area contributed by atoms with Crippen LogP contribution in [0.3, 0.4) is 0 Å². The lowest BCUT2D eigenvalue weighted by atomic mass is 10.1. The van der Waals surface area contributed by atoms with E-state index in [9.17, 15) is 4.39 Å². The quantitative estimate of drug-likeness (QED) is 0.778. The fourth-order valence-electron chi connectivity index (χ4n) is 2.00. The monoisotopic (exact) mass is 224 g/mol. The Bertz CT molecular complexity index is 364. The first-order valence-electron chi connectivity index (χ1n) is 5.55. The second-order valence-corrected chi connectivity index (χ2v) is 4.11. The third-order valence-corrected chi connectivity index (χ3v) is 3.10. The molecular formula is C12H17FN2O. The van der Waals surface area contributed by atoms with Crippen molar-refractivity contribution in [3.05, 3.63) is 29.6 Å². The van der Waals surface area contributed by atoms with E-state index in [4.69, 9.17) is 10.5 Å². The summed E-state index contributed by atoms with van der Waals surface area (Å²) < 4.78 is 18.3. The van der Waals surface area contributed by atoms with Crippen LogP contribution in [-0.2, 0) is 4.74 Å². The molecule has 1 saturated heterocycles. The smallest absolute Gasteiger partial charge is 0.146 e. The van der Waals surface area contributed by atoms with Gasteiger partial charge in [-0.1, -0.05) is 6.07 Å². The second kappa shape index (κ2) is 4.80. The zero-order valence-electron chi connectivity index (χ0n) is 9.45. The molecule has 0 aromatic heterocycles. The highest BCUT2D eigenvalue weighted by Gasteiger charge is 2.18. The number of morpholine rings is 1. The molecule has 4 heteroatoms. The Hall–Kier alpha value is -1.13. The third kappa shape index (κ3) is 2.33. The highest BCUT2D eigenvalue weighted by atomic mass is 19.1. The van der Waals surface area contributed by atoms with Crippen LogP contribution >= 0.6 is 0 Å². The number of hydrogen-bond donors (Lipinski definition) is 1. The van der Waals surface area contributed by atoms with Crippen LogP contribution in [-0.4, -0.2) is 31.2 Å². The van der Waals surface area contributed by atoms with E-state index in [1.54, 1.807) is 12.1 Å². The van der Waals surface area contributed by atoms with Crippen LogP contribution in [0.25, 0.3) is 0 Å². The van der Waals surface area contributed by atoms with Gasteiger partial charge in [-0.15, -0.1) is 0 Å². The minimum Gasteiger partial charge on any atom is -0.396 e. The molecule has 1 unspecified atom stereocenters. The number of benzene rings is 1. The van der Waals surface area contributed by atoms with Gasteiger partial charge in [-0.3, -0.25) is 4.90 Å². The maximum Gasteiger partial charge on any atom is 0.146 e. The number of nitrogen functional groups attached to an aromatic ring is 1. The summed E-state index contributed by atoms with van der Waals surface area (Å²) in [6, 6.07) is 5.20. The Morgan fingerprint density at radius 1 is 1.38 bits per heavy atom. The number of ether oxygens (including phenoxy) is 1. The van der Waals surface area contributed by atoms with Crippen LogP contribution in [0.1, 0.15) is 18.5 Å². The lowest BCUT2D eigenvalue weighted by Gasteiger charge is -2.32. The zero-order valence-corrected chi connectivity index (χ0v) is 9.45. The summed E-state index contributed by atoms with van der Waals surface area (Å²) in [5.41, 5.74) is 6.85. The van der Waals surface area contributed by atoms with E-state index in [0.717, 1.165) is 31.9 Å². The number of hydrogen-bond acceptors (Lipinski definition) is 3. The summed E-state index contributed by atoms with van der Waals surface area (Å²) in [7, 11) is 0. The van der Waals surface area contributed by atoms with Crippen LogP contribution in [0.2, 0.25) is 0 Å². The Kier molecular flexibility index (Phi) is 3.41. The van der Waals surface area contributed by atoms with Crippen molar-refractivity contribution in [3.8, 4) is 0 Å². The average molecular weight is 224 g/mol. The number of nitrogens with zero attached hydrogens (tertiary/aromatic N) is 1. The van der Waals surface area contributed by atoms with Crippen molar-refractivity contribution in [2.75, 3.05) is 32.0 Å². The van der Waals surface area contributed by atoms with Crippen molar-refractivity contribution in [1.82, 2.24) is 4.90 Å². The largest absolute Gasteiger partial charge is 0.396 e. The van der Waals surface area contributed by atoms with E-state index < -0.39 is 0 Å². The van der Waals surface area contributed by atoms with Gasteiger partial charge in [0.15, 0.2) is 0 Å². The Labute approximate surface area is 95.0 Å². The predicted octanol–water partition coefficient (Wildman–Crippen LogP) is 1.80. The van der Waals surface area contributed by atoms with Crippen LogP contribution < -0.4 is 5.73 Å². The molecule has 0 radical (unpaired) electrons. The summed E-state index contributed by atoms with van der Waals surface area (Å²) in [6.45, 7) is 5.47. The van der Waals surface area contributed by atoms with Crippen LogP contribution in [0.5, 0.6) is 0 Å². The third-order valence-electron chi connectivity index (χ3n) is 3.10. The minimum absolute atomic E-state index is 0.220. The fraction of sp³-hybridized carbons (Fsp3) is 0.500. The summed E-state index contributed by atoms with van der Waals surface area (Å²) in [6.07, 6.45) is 0. The Morgan fingerprint density at radius 2 is 2.06 bits per heavy atom. The molecule has 2 rings (SSSR count). The lowest BCUT2D eigenvalue weighted by Crippen LogP contribution is -2.38. The fourth-order valence-corrected chi connectivity index (χ4v) is 2.00. The van der Waals surface area contributed by atoms with E-state index in [1.807, 2.05) is 0 Å². The molecule has 2 N–H and O–H groups in total. The second-order valence-electron chi connectivity index (χ2n) is 4.11. The highest BCUT2D eigenvalue weighted by molar-refractivity contribution is 5.43. The van der Waals surface area contributed by atoms with Crippen LogP contribution in [0.4, 0.5) is 10.1 Å². The van der Waals surface area contributed by atoms with E-state index in [1.165, 1.54) is 6.07 Å². The SMILES string of the molecule is CC(c1ccc(F)c(N)c1)N1CCOCC1. The Balaban J connectivity index is 2.12. The normalized spacial score (nSPS) is 19.6.